The highest BCUT2D eigenvalue weighted by Gasteiger charge is 2.30. The maximum absolute atomic E-state index is 13.3. The summed E-state index contributed by atoms with van der Waals surface area (Å²) in [6, 6.07) is 19.0. The third-order valence-electron chi connectivity index (χ3n) is 5.03. The predicted molar refractivity (Wildman–Crippen MR) is 127 cm³/mol. The van der Waals surface area contributed by atoms with E-state index in [1.807, 2.05) is 30.3 Å². The highest BCUT2D eigenvalue weighted by molar-refractivity contribution is 6.42. The lowest BCUT2D eigenvalue weighted by molar-refractivity contribution is -0.142. The summed E-state index contributed by atoms with van der Waals surface area (Å²) in [7, 11) is 1.52. The first-order valence-corrected chi connectivity index (χ1v) is 11.0. The average molecular weight is 489 g/mol. The van der Waals surface area contributed by atoms with E-state index < -0.39 is 17.8 Å². The van der Waals surface area contributed by atoms with Crippen LogP contribution in [0.15, 0.2) is 72.8 Å². The first-order valence-electron chi connectivity index (χ1n) is 10.2. The fraction of sp³-hybridized carbons (Fsp3) is 0.200. The topological polar surface area (TPSA) is 58.6 Å². The quantitative estimate of drug-likeness (QED) is 0.466. The van der Waals surface area contributed by atoms with E-state index in [0.29, 0.717) is 27.8 Å². The number of nitrogens with one attached hydrogen (secondary N) is 1. The monoisotopic (exact) mass is 488 g/mol. The Kier molecular flexibility index (Phi) is 8.69. The van der Waals surface area contributed by atoms with Crippen LogP contribution in [0.3, 0.4) is 0 Å². The Morgan fingerprint density at radius 1 is 0.970 bits per heavy atom. The van der Waals surface area contributed by atoms with Crippen LogP contribution < -0.4 is 10.1 Å². The van der Waals surface area contributed by atoms with E-state index in [9.17, 15) is 14.0 Å². The van der Waals surface area contributed by atoms with Gasteiger partial charge >= 0.3 is 0 Å². The van der Waals surface area contributed by atoms with Gasteiger partial charge in [-0.1, -0.05) is 59.6 Å². The molecule has 1 atom stereocenters. The summed E-state index contributed by atoms with van der Waals surface area (Å²) < 4.78 is 18.7. The van der Waals surface area contributed by atoms with Gasteiger partial charge in [0.25, 0.3) is 5.91 Å². The van der Waals surface area contributed by atoms with Crippen LogP contribution in [0.2, 0.25) is 10.0 Å². The second kappa shape index (κ2) is 11.7. The van der Waals surface area contributed by atoms with Gasteiger partial charge in [0.15, 0.2) is 6.61 Å². The zero-order chi connectivity index (χ0) is 23.8. The van der Waals surface area contributed by atoms with Crippen LogP contribution in [-0.2, 0) is 22.6 Å². The van der Waals surface area contributed by atoms with Crippen LogP contribution in [0.1, 0.15) is 11.1 Å². The summed E-state index contributed by atoms with van der Waals surface area (Å²) in [5.74, 6) is -0.778. The van der Waals surface area contributed by atoms with Crippen LogP contribution in [0.5, 0.6) is 5.75 Å². The molecule has 0 bridgehead atoms. The Labute approximate surface area is 202 Å². The normalized spacial score (nSPS) is 11.5. The van der Waals surface area contributed by atoms with Gasteiger partial charge in [-0.05, 0) is 47.5 Å². The number of ether oxygens (including phenoxy) is 1. The first-order chi connectivity index (χ1) is 15.9. The number of benzene rings is 3. The molecule has 0 spiro atoms. The Bertz CT molecular complexity index is 1090. The molecule has 8 heteroatoms. The maximum Gasteiger partial charge on any atom is 0.261 e. The number of carbonyl (C=O) groups is 2. The molecule has 0 aliphatic rings. The van der Waals surface area contributed by atoms with Crippen LogP contribution >= 0.6 is 23.2 Å². The smallest absolute Gasteiger partial charge is 0.261 e. The van der Waals surface area contributed by atoms with Crippen molar-refractivity contribution in [2.24, 2.45) is 0 Å². The molecule has 0 aromatic heterocycles. The Morgan fingerprint density at radius 3 is 2.30 bits per heavy atom. The van der Waals surface area contributed by atoms with Crippen LogP contribution in [0, 0.1) is 5.82 Å². The van der Waals surface area contributed by atoms with Gasteiger partial charge in [0, 0.05) is 20.0 Å². The highest BCUT2D eigenvalue weighted by atomic mass is 35.5. The summed E-state index contributed by atoms with van der Waals surface area (Å²) in [4.78, 5) is 27.6. The Balaban J connectivity index is 1.88. The number of amides is 2. The number of nitrogens with zero attached hydrogens (tertiary/aromatic N) is 1. The molecule has 3 aromatic carbocycles. The zero-order valence-electron chi connectivity index (χ0n) is 17.9. The van der Waals surface area contributed by atoms with Crippen LogP contribution in [-0.4, -0.2) is 36.4 Å². The molecule has 3 rings (SSSR count). The SMILES string of the molecule is CNC(=O)[C@H](Cc1ccccc1)N(Cc1ccc(Cl)c(Cl)c1)C(=O)COc1ccc(F)cc1. The average Bonchev–Trinajstić information content (AvgIpc) is 2.83. The van der Waals surface area contributed by atoms with Crippen LogP contribution in [0.25, 0.3) is 0 Å². The molecule has 0 fully saturated rings. The van der Waals surface area contributed by atoms with Gasteiger partial charge in [-0.2, -0.15) is 0 Å². The minimum Gasteiger partial charge on any atom is -0.484 e. The number of likely N-dealkylation sites (N-methyl/N-ethyl adjacent to an activating group) is 1. The molecule has 0 heterocycles. The lowest BCUT2D eigenvalue weighted by Gasteiger charge is -2.31. The summed E-state index contributed by atoms with van der Waals surface area (Å²) in [5.41, 5.74) is 1.61. The van der Waals surface area contributed by atoms with E-state index in [1.54, 1.807) is 18.2 Å². The van der Waals surface area contributed by atoms with E-state index in [4.69, 9.17) is 27.9 Å². The van der Waals surface area contributed by atoms with E-state index >= 15 is 0 Å². The number of halogens is 3. The Hall–Kier alpha value is -3.09. The third-order valence-corrected chi connectivity index (χ3v) is 5.77. The van der Waals surface area contributed by atoms with Crippen molar-refractivity contribution < 1.29 is 18.7 Å². The molecule has 2 amide bonds. The number of hydrogen-bond acceptors (Lipinski definition) is 3. The van der Waals surface area contributed by atoms with Crippen LogP contribution in [0.4, 0.5) is 4.39 Å². The van der Waals surface area contributed by atoms with Crippen molar-refractivity contribution >= 4 is 35.0 Å². The molecular formula is C25H23Cl2FN2O3. The first kappa shape index (κ1) is 24.6. The molecule has 0 aliphatic heterocycles. The van der Waals surface area contributed by atoms with Gasteiger partial charge in [-0.3, -0.25) is 9.59 Å². The van der Waals surface area contributed by atoms with Crippen molar-refractivity contribution in [1.82, 2.24) is 10.2 Å². The lowest BCUT2D eigenvalue weighted by atomic mass is 10.0. The third kappa shape index (κ3) is 6.94. The summed E-state index contributed by atoms with van der Waals surface area (Å²) in [5, 5.41) is 3.39. The second-order valence-electron chi connectivity index (χ2n) is 7.33. The van der Waals surface area contributed by atoms with Crippen molar-refractivity contribution in [1.29, 1.82) is 0 Å². The van der Waals surface area contributed by atoms with Gasteiger partial charge in [-0.15, -0.1) is 0 Å². The van der Waals surface area contributed by atoms with Crippen molar-refractivity contribution in [2.45, 2.75) is 19.0 Å². The van der Waals surface area contributed by atoms with Crippen molar-refractivity contribution in [3.63, 3.8) is 0 Å². The second-order valence-corrected chi connectivity index (χ2v) is 8.15. The predicted octanol–water partition coefficient (Wildman–Crippen LogP) is 4.90. The molecular weight excluding hydrogens is 466 g/mol. The van der Waals surface area contributed by atoms with Gasteiger partial charge in [0.2, 0.25) is 5.91 Å². The van der Waals surface area contributed by atoms with E-state index in [1.165, 1.54) is 36.2 Å². The fourth-order valence-corrected chi connectivity index (χ4v) is 3.63. The summed E-state index contributed by atoms with van der Waals surface area (Å²) >= 11 is 12.2. The number of hydrogen-bond donors (Lipinski definition) is 1. The minimum atomic E-state index is -0.795. The number of rotatable bonds is 9. The van der Waals surface area contributed by atoms with Crippen molar-refractivity contribution in [3.8, 4) is 5.75 Å². The largest absolute Gasteiger partial charge is 0.484 e. The number of carbonyl (C=O) groups excluding carboxylic acids is 2. The van der Waals surface area contributed by atoms with Gasteiger partial charge in [0.05, 0.1) is 10.0 Å². The lowest BCUT2D eigenvalue weighted by Crippen LogP contribution is -2.51. The Morgan fingerprint density at radius 2 is 1.67 bits per heavy atom. The molecule has 0 aliphatic carbocycles. The molecule has 0 radical (unpaired) electrons. The fourth-order valence-electron chi connectivity index (χ4n) is 3.31. The summed E-state index contributed by atoms with van der Waals surface area (Å²) in [6.07, 6.45) is 0.310. The molecule has 1 N–H and O–H groups in total. The van der Waals surface area contributed by atoms with Crippen molar-refractivity contribution in [2.75, 3.05) is 13.7 Å². The minimum absolute atomic E-state index is 0.118. The van der Waals surface area contributed by atoms with E-state index in [2.05, 4.69) is 5.32 Å². The molecule has 0 saturated heterocycles. The molecule has 33 heavy (non-hydrogen) atoms. The highest BCUT2D eigenvalue weighted by Crippen LogP contribution is 2.24. The molecule has 0 unspecified atom stereocenters. The molecule has 172 valence electrons. The van der Waals surface area contributed by atoms with Gasteiger partial charge in [0.1, 0.15) is 17.6 Å². The maximum atomic E-state index is 13.3. The van der Waals surface area contributed by atoms with E-state index in [-0.39, 0.29) is 19.1 Å². The molecule has 0 saturated carbocycles. The van der Waals surface area contributed by atoms with Crippen molar-refractivity contribution in [3.05, 3.63) is 99.8 Å². The molecule has 5 nitrogen and oxygen atoms in total. The van der Waals surface area contributed by atoms with Gasteiger partial charge < -0.3 is 15.0 Å². The molecule has 3 aromatic rings. The zero-order valence-corrected chi connectivity index (χ0v) is 19.4. The summed E-state index contributed by atoms with van der Waals surface area (Å²) in [6.45, 7) is -0.206. The van der Waals surface area contributed by atoms with Gasteiger partial charge in [-0.25, -0.2) is 4.39 Å². The standard InChI is InChI=1S/C25H23Cl2FN2O3/c1-29-25(32)23(14-17-5-3-2-4-6-17)30(15-18-7-12-21(26)22(27)13-18)24(31)16-33-20-10-8-19(28)9-11-20/h2-13,23H,14-16H2,1H3,(H,29,32)/t23-/m0/s1. The van der Waals surface area contributed by atoms with E-state index in [0.717, 1.165) is 5.56 Å².